The second-order valence-electron chi connectivity index (χ2n) is 5.03. The molecular weight excluding hydrogens is 219 g/mol. The molecule has 1 aliphatic heterocycles. The summed E-state index contributed by atoms with van der Waals surface area (Å²) in [6, 6.07) is -0.198. The molecule has 3 unspecified atom stereocenters. The first-order valence-electron chi connectivity index (χ1n) is 6.61. The van der Waals surface area contributed by atoms with Crippen molar-refractivity contribution in [2.24, 2.45) is 11.7 Å². The van der Waals surface area contributed by atoms with Crippen LogP contribution in [0.5, 0.6) is 0 Å². The molecule has 0 bridgehead atoms. The number of aliphatic hydroxyl groups excluding tert-OH is 1. The fourth-order valence-corrected chi connectivity index (χ4v) is 2.40. The molecule has 0 aromatic carbocycles. The van der Waals surface area contributed by atoms with Crippen LogP contribution < -0.4 is 11.1 Å². The van der Waals surface area contributed by atoms with E-state index in [1.54, 1.807) is 0 Å². The van der Waals surface area contributed by atoms with Gasteiger partial charge >= 0.3 is 7.12 Å². The predicted molar refractivity (Wildman–Crippen MR) is 68.4 cm³/mol. The van der Waals surface area contributed by atoms with Crippen molar-refractivity contribution in [3.05, 3.63) is 0 Å². The molecule has 17 heavy (non-hydrogen) atoms. The molecule has 100 valence electrons. The zero-order chi connectivity index (χ0) is 12.7. The van der Waals surface area contributed by atoms with Gasteiger partial charge < -0.3 is 26.2 Å². The van der Waals surface area contributed by atoms with Gasteiger partial charge in [-0.15, -0.1) is 0 Å². The molecule has 0 aromatic rings. The molecule has 1 fully saturated rings. The molecule has 6 heteroatoms. The zero-order valence-electron chi connectivity index (χ0n) is 10.4. The lowest BCUT2D eigenvalue weighted by Gasteiger charge is -2.30. The van der Waals surface area contributed by atoms with E-state index >= 15 is 0 Å². The lowest BCUT2D eigenvalue weighted by atomic mass is 9.82. The van der Waals surface area contributed by atoms with Crippen molar-refractivity contribution in [1.29, 1.82) is 0 Å². The molecule has 0 aromatic heterocycles. The topological polar surface area (TPSA) is 98.7 Å². The van der Waals surface area contributed by atoms with Gasteiger partial charge in [-0.1, -0.05) is 12.8 Å². The van der Waals surface area contributed by atoms with Crippen molar-refractivity contribution < 1.29 is 15.2 Å². The largest absolute Gasteiger partial charge is 0.451 e. The van der Waals surface area contributed by atoms with Crippen molar-refractivity contribution in [3.8, 4) is 0 Å². The number of nitrogens with two attached hydrogens (primary N) is 1. The van der Waals surface area contributed by atoms with Gasteiger partial charge in [-0.3, -0.25) is 0 Å². The number of hydrogen-bond donors (Lipinski definition) is 5. The second kappa shape index (κ2) is 8.05. The molecule has 6 N–H and O–H groups in total. The van der Waals surface area contributed by atoms with E-state index in [0.29, 0.717) is 6.32 Å². The standard InChI is InChI=1S/C11H25BN2O3/c13-10(5-1-2-6-12(16)17)11(15)9-4-3-7-14-8-9/h9-11,14-17H,1-8,13H2. The molecule has 5 nitrogen and oxygen atoms in total. The van der Waals surface area contributed by atoms with E-state index in [1.807, 2.05) is 0 Å². The van der Waals surface area contributed by atoms with Gasteiger partial charge in [0.25, 0.3) is 0 Å². The van der Waals surface area contributed by atoms with Crippen LogP contribution in [-0.2, 0) is 0 Å². The summed E-state index contributed by atoms with van der Waals surface area (Å²) in [6.07, 6.45) is 4.39. The molecule has 0 amide bonds. The molecule has 0 saturated carbocycles. The molecule has 1 rings (SSSR count). The Morgan fingerprint density at radius 3 is 2.71 bits per heavy atom. The summed E-state index contributed by atoms with van der Waals surface area (Å²) in [5, 5.41) is 30.8. The van der Waals surface area contributed by atoms with Gasteiger partial charge in [0.05, 0.1) is 6.10 Å². The van der Waals surface area contributed by atoms with E-state index in [1.165, 1.54) is 0 Å². The van der Waals surface area contributed by atoms with Crippen LogP contribution in [0.1, 0.15) is 32.1 Å². The number of hydrogen-bond acceptors (Lipinski definition) is 5. The average Bonchev–Trinajstić information content (AvgIpc) is 2.34. The van der Waals surface area contributed by atoms with Crippen LogP contribution in [0, 0.1) is 5.92 Å². The maximum absolute atomic E-state index is 10.1. The summed E-state index contributed by atoms with van der Waals surface area (Å²) in [5.41, 5.74) is 5.96. The average molecular weight is 244 g/mol. The third-order valence-electron chi connectivity index (χ3n) is 3.51. The van der Waals surface area contributed by atoms with Gasteiger partial charge in [-0.05, 0) is 38.0 Å². The molecular formula is C11H25BN2O3. The van der Waals surface area contributed by atoms with Crippen LogP contribution in [-0.4, -0.2) is 47.5 Å². The van der Waals surface area contributed by atoms with Gasteiger partial charge in [-0.2, -0.15) is 0 Å². The number of piperidine rings is 1. The summed E-state index contributed by atoms with van der Waals surface area (Å²) < 4.78 is 0. The summed E-state index contributed by atoms with van der Waals surface area (Å²) in [5.74, 6) is 0.266. The SMILES string of the molecule is NC(CCCCB(O)O)C(O)C1CCCNC1. The minimum atomic E-state index is -1.22. The molecule has 0 radical (unpaired) electrons. The van der Waals surface area contributed by atoms with E-state index in [9.17, 15) is 5.11 Å². The molecule has 0 spiro atoms. The lowest BCUT2D eigenvalue weighted by Crippen LogP contribution is -2.45. The first-order chi connectivity index (χ1) is 8.11. The van der Waals surface area contributed by atoms with E-state index in [2.05, 4.69) is 5.32 Å². The van der Waals surface area contributed by atoms with E-state index < -0.39 is 13.2 Å². The van der Waals surface area contributed by atoms with Crippen molar-refractivity contribution in [2.75, 3.05) is 13.1 Å². The van der Waals surface area contributed by atoms with Gasteiger partial charge in [0.1, 0.15) is 0 Å². The smallest absolute Gasteiger partial charge is 0.427 e. The molecule has 1 heterocycles. The van der Waals surface area contributed by atoms with Crippen molar-refractivity contribution >= 4 is 7.12 Å². The highest BCUT2D eigenvalue weighted by molar-refractivity contribution is 6.40. The van der Waals surface area contributed by atoms with Crippen LogP contribution in [0.3, 0.4) is 0 Å². The minimum absolute atomic E-state index is 0.198. The van der Waals surface area contributed by atoms with Crippen molar-refractivity contribution in [1.82, 2.24) is 5.32 Å². The quantitative estimate of drug-likeness (QED) is 0.302. The second-order valence-corrected chi connectivity index (χ2v) is 5.03. The monoisotopic (exact) mass is 244 g/mol. The lowest BCUT2D eigenvalue weighted by molar-refractivity contribution is 0.0652. The maximum atomic E-state index is 10.1. The van der Waals surface area contributed by atoms with Crippen LogP contribution in [0.15, 0.2) is 0 Å². The Kier molecular flexibility index (Phi) is 7.07. The maximum Gasteiger partial charge on any atom is 0.451 e. The summed E-state index contributed by atoms with van der Waals surface area (Å²) in [4.78, 5) is 0. The fourth-order valence-electron chi connectivity index (χ4n) is 2.40. The third kappa shape index (κ3) is 5.83. The number of rotatable bonds is 7. The van der Waals surface area contributed by atoms with E-state index in [0.717, 1.165) is 45.2 Å². The fraction of sp³-hybridized carbons (Fsp3) is 1.00. The highest BCUT2D eigenvalue weighted by Gasteiger charge is 2.26. The van der Waals surface area contributed by atoms with E-state index in [4.69, 9.17) is 15.8 Å². The molecule has 0 aliphatic carbocycles. The third-order valence-corrected chi connectivity index (χ3v) is 3.51. The normalized spacial score (nSPS) is 24.4. The Hall–Kier alpha value is -0.135. The molecule has 1 aliphatic rings. The summed E-state index contributed by atoms with van der Waals surface area (Å²) in [7, 11) is -1.22. The summed E-state index contributed by atoms with van der Waals surface area (Å²) in [6.45, 7) is 1.89. The number of nitrogens with one attached hydrogen (secondary N) is 1. The minimum Gasteiger partial charge on any atom is -0.427 e. The Morgan fingerprint density at radius 1 is 1.35 bits per heavy atom. The molecule has 1 saturated heterocycles. The van der Waals surface area contributed by atoms with Crippen molar-refractivity contribution in [3.63, 3.8) is 0 Å². The molecule has 3 atom stereocenters. The Labute approximate surface area is 104 Å². The van der Waals surface area contributed by atoms with Crippen LogP contribution in [0.4, 0.5) is 0 Å². The van der Waals surface area contributed by atoms with Gasteiger partial charge in [0, 0.05) is 12.6 Å². The van der Waals surface area contributed by atoms with Gasteiger partial charge in [-0.25, -0.2) is 0 Å². The van der Waals surface area contributed by atoms with Crippen LogP contribution in [0.2, 0.25) is 6.32 Å². The van der Waals surface area contributed by atoms with Gasteiger partial charge in [0.2, 0.25) is 0 Å². The number of unbranched alkanes of at least 4 members (excludes halogenated alkanes) is 1. The van der Waals surface area contributed by atoms with Gasteiger partial charge in [0.15, 0.2) is 0 Å². The highest BCUT2D eigenvalue weighted by Crippen LogP contribution is 2.18. The number of aliphatic hydroxyl groups is 1. The first kappa shape index (κ1) is 14.9. The van der Waals surface area contributed by atoms with Crippen LogP contribution in [0.25, 0.3) is 0 Å². The van der Waals surface area contributed by atoms with E-state index in [-0.39, 0.29) is 12.0 Å². The Morgan fingerprint density at radius 2 is 2.12 bits per heavy atom. The van der Waals surface area contributed by atoms with Crippen molar-refractivity contribution in [2.45, 2.75) is 50.6 Å². The predicted octanol–water partition coefficient (Wildman–Crippen LogP) is -0.683. The highest BCUT2D eigenvalue weighted by atomic mass is 16.4. The first-order valence-corrected chi connectivity index (χ1v) is 6.61. The van der Waals surface area contributed by atoms with Crippen LogP contribution >= 0.6 is 0 Å². The Balaban J connectivity index is 2.14. The summed E-state index contributed by atoms with van der Waals surface area (Å²) >= 11 is 0. The zero-order valence-corrected chi connectivity index (χ0v) is 10.4. The Bertz CT molecular complexity index is 201.